The SMILES string of the molecule is Cc1ccc(C)c(N2C(=O)c3ccc(C(=O)[O-])cc3C2=O)c1. The fourth-order valence-corrected chi connectivity index (χ4v) is 2.55. The van der Waals surface area contributed by atoms with Crippen LogP contribution < -0.4 is 10.0 Å². The summed E-state index contributed by atoms with van der Waals surface area (Å²) in [4.78, 5) is 37.0. The van der Waals surface area contributed by atoms with Gasteiger partial charge in [-0.2, -0.15) is 0 Å². The molecule has 0 N–H and O–H groups in total. The van der Waals surface area contributed by atoms with E-state index in [0.29, 0.717) is 5.69 Å². The minimum atomic E-state index is -1.38. The number of hydrogen-bond donors (Lipinski definition) is 0. The van der Waals surface area contributed by atoms with Gasteiger partial charge >= 0.3 is 0 Å². The number of anilines is 1. The molecular weight excluding hydrogens is 282 g/mol. The molecule has 5 nitrogen and oxygen atoms in total. The van der Waals surface area contributed by atoms with Crippen molar-refractivity contribution >= 4 is 23.5 Å². The van der Waals surface area contributed by atoms with Crippen LogP contribution in [0.3, 0.4) is 0 Å². The molecule has 0 spiro atoms. The van der Waals surface area contributed by atoms with Crippen molar-refractivity contribution in [2.45, 2.75) is 13.8 Å². The van der Waals surface area contributed by atoms with Crippen molar-refractivity contribution in [1.29, 1.82) is 0 Å². The molecule has 2 aromatic carbocycles. The number of aromatic carboxylic acids is 1. The third-order valence-corrected chi connectivity index (χ3v) is 3.73. The van der Waals surface area contributed by atoms with Gasteiger partial charge in [0.2, 0.25) is 0 Å². The smallest absolute Gasteiger partial charge is 0.266 e. The second kappa shape index (κ2) is 4.80. The highest BCUT2D eigenvalue weighted by molar-refractivity contribution is 6.34. The minimum Gasteiger partial charge on any atom is -0.545 e. The van der Waals surface area contributed by atoms with Gasteiger partial charge in [-0.05, 0) is 48.7 Å². The summed E-state index contributed by atoms with van der Waals surface area (Å²) in [5.74, 6) is -2.34. The van der Waals surface area contributed by atoms with E-state index in [1.165, 1.54) is 18.2 Å². The first-order valence-corrected chi connectivity index (χ1v) is 6.71. The molecule has 2 amide bonds. The van der Waals surface area contributed by atoms with Crippen LogP contribution >= 0.6 is 0 Å². The lowest BCUT2D eigenvalue weighted by atomic mass is 10.1. The predicted octanol–water partition coefficient (Wildman–Crippen LogP) is 1.47. The maximum Gasteiger partial charge on any atom is 0.266 e. The van der Waals surface area contributed by atoms with E-state index >= 15 is 0 Å². The zero-order valence-corrected chi connectivity index (χ0v) is 12.0. The zero-order valence-electron chi connectivity index (χ0n) is 12.0. The predicted molar refractivity (Wildman–Crippen MR) is 77.8 cm³/mol. The molecular formula is C17H12NO4-. The lowest BCUT2D eigenvalue weighted by molar-refractivity contribution is -0.255. The van der Waals surface area contributed by atoms with Crippen LogP contribution in [0.4, 0.5) is 5.69 Å². The Balaban J connectivity index is 2.14. The zero-order chi connectivity index (χ0) is 16.0. The summed E-state index contributed by atoms with van der Waals surface area (Å²) in [5.41, 5.74) is 2.40. The van der Waals surface area contributed by atoms with Crippen molar-refractivity contribution in [3.05, 3.63) is 64.2 Å². The summed E-state index contributed by atoms with van der Waals surface area (Å²) in [6, 6.07) is 9.30. The monoisotopic (exact) mass is 294 g/mol. The summed E-state index contributed by atoms with van der Waals surface area (Å²) in [7, 11) is 0. The van der Waals surface area contributed by atoms with E-state index in [9.17, 15) is 19.5 Å². The molecule has 110 valence electrons. The number of amides is 2. The van der Waals surface area contributed by atoms with Crippen LogP contribution in [0, 0.1) is 13.8 Å². The number of nitrogens with zero attached hydrogens (tertiary/aromatic N) is 1. The molecule has 5 heteroatoms. The molecule has 0 aromatic heterocycles. The highest BCUT2D eigenvalue weighted by Gasteiger charge is 2.37. The molecule has 0 atom stereocenters. The molecule has 0 radical (unpaired) electrons. The van der Waals surface area contributed by atoms with E-state index < -0.39 is 17.8 Å². The Morgan fingerprint density at radius 1 is 0.955 bits per heavy atom. The Hall–Kier alpha value is -2.95. The summed E-state index contributed by atoms with van der Waals surface area (Å²) in [6.07, 6.45) is 0. The van der Waals surface area contributed by atoms with Crippen molar-refractivity contribution in [1.82, 2.24) is 0 Å². The molecule has 0 aliphatic carbocycles. The third-order valence-electron chi connectivity index (χ3n) is 3.73. The number of benzene rings is 2. The average molecular weight is 294 g/mol. The van der Waals surface area contributed by atoms with Gasteiger partial charge in [0.1, 0.15) is 0 Å². The number of rotatable bonds is 2. The standard InChI is InChI=1S/C17H13NO4/c1-9-3-4-10(2)14(7-9)18-15(19)12-6-5-11(17(21)22)8-13(12)16(18)20/h3-8H,1-2H3,(H,21,22)/p-1. The first kappa shape index (κ1) is 14.0. The fraction of sp³-hybridized carbons (Fsp3) is 0.118. The van der Waals surface area contributed by atoms with Crippen LogP contribution in [-0.4, -0.2) is 17.8 Å². The molecule has 0 saturated carbocycles. The van der Waals surface area contributed by atoms with Gasteiger partial charge in [0, 0.05) is 0 Å². The summed E-state index contributed by atoms with van der Waals surface area (Å²) >= 11 is 0. The van der Waals surface area contributed by atoms with Gasteiger partial charge in [0.05, 0.1) is 22.8 Å². The molecule has 0 unspecified atom stereocenters. The maximum atomic E-state index is 12.5. The second-order valence-corrected chi connectivity index (χ2v) is 5.28. The molecule has 3 rings (SSSR count). The number of carboxylic acid groups (broad SMARTS) is 1. The van der Waals surface area contributed by atoms with E-state index in [-0.39, 0.29) is 16.7 Å². The minimum absolute atomic E-state index is 0.0904. The van der Waals surface area contributed by atoms with Crippen LogP contribution in [0.2, 0.25) is 0 Å². The summed E-state index contributed by atoms with van der Waals surface area (Å²) in [6.45, 7) is 3.68. The lowest BCUT2D eigenvalue weighted by Gasteiger charge is -2.17. The van der Waals surface area contributed by atoms with Crippen molar-refractivity contribution in [2.24, 2.45) is 0 Å². The molecule has 2 aromatic rings. The van der Waals surface area contributed by atoms with Gasteiger partial charge in [-0.1, -0.05) is 18.2 Å². The average Bonchev–Trinajstić information content (AvgIpc) is 2.73. The topological polar surface area (TPSA) is 77.5 Å². The van der Waals surface area contributed by atoms with Crippen molar-refractivity contribution < 1.29 is 19.5 Å². The van der Waals surface area contributed by atoms with Gasteiger partial charge < -0.3 is 9.90 Å². The first-order chi connectivity index (χ1) is 10.4. The molecule has 1 aliphatic heterocycles. The van der Waals surface area contributed by atoms with Crippen molar-refractivity contribution in [3.8, 4) is 0 Å². The molecule has 1 aliphatic rings. The van der Waals surface area contributed by atoms with Gasteiger partial charge in [-0.15, -0.1) is 0 Å². The Labute approximate surface area is 126 Å². The van der Waals surface area contributed by atoms with Gasteiger partial charge in [-0.25, -0.2) is 4.90 Å². The number of carboxylic acids is 1. The summed E-state index contributed by atoms with van der Waals surface area (Å²) in [5, 5.41) is 10.9. The quantitative estimate of drug-likeness (QED) is 0.786. The van der Waals surface area contributed by atoms with E-state index in [0.717, 1.165) is 16.0 Å². The number of hydrogen-bond acceptors (Lipinski definition) is 4. The lowest BCUT2D eigenvalue weighted by Crippen LogP contribution is -2.30. The van der Waals surface area contributed by atoms with E-state index in [4.69, 9.17) is 0 Å². The van der Waals surface area contributed by atoms with Crippen molar-refractivity contribution in [2.75, 3.05) is 4.90 Å². The number of imide groups is 1. The van der Waals surface area contributed by atoms with Gasteiger partial charge in [0.15, 0.2) is 0 Å². The summed E-state index contributed by atoms with van der Waals surface area (Å²) < 4.78 is 0. The number of aryl methyl sites for hydroxylation is 2. The second-order valence-electron chi connectivity index (χ2n) is 5.28. The highest BCUT2D eigenvalue weighted by atomic mass is 16.4. The first-order valence-electron chi connectivity index (χ1n) is 6.71. The molecule has 1 heterocycles. The number of fused-ring (bicyclic) bond motifs is 1. The number of carbonyl (C=O) groups excluding carboxylic acids is 3. The molecule has 0 fully saturated rings. The maximum absolute atomic E-state index is 12.5. The van der Waals surface area contributed by atoms with Crippen LogP contribution in [0.25, 0.3) is 0 Å². The van der Waals surface area contributed by atoms with E-state index in [2.05, 4.69) is 0 Å². The highest BCUT2D eigenvalue weighted by Crippen LogP contribution is 2.31. The van der Waals surface area contributed by atoms with E-state index in [1.54, 1.807) is 6.07 Å². The number of carbonyl (C=O) groups is 3. The van der Waals surface area contributed by atoms with Crippen LogP contribution in [0.15, 0.2) is 36.4 Å². The van der Waals surface area contributed by atoms with Gasteiger partial charge in [-0.3, -0.25) is 9.59 Å². The fourth-order valence-electron chi connectivity index (χ4n) is 2.55. The molecule has 0 bridgehead atoms. The Morgan fingerprint density at radius 2 is 1.64 bits per heavy atom. The van der Waals surface area contributed by atoms with E-state index in [1.807, 2.05) is 26.0 Å². The third kappa shape index (κ3) is 1.98. The van der Waals surface area contributed by atoms with Crippen LogP contribution in [0.5, 0.6) is 0 Å². The molecule has 22 heavy (non-hydrogen) atoms. The Kier molecular flexibility index (Phi) is 3.06. The van der Waals surface area contributed by atoms with Gasteiger partial charge in [0.25, 0.3) is 11.8 Å². The van der Waals surface area contributed by atoms with Crippen molar-refractivity contribution in [3.63, 3.8) is 0 Å². The van der Waals surface area contributed by atoms with Crippen LogP contribution in [0.1, 0.15) is 42.2 Å². The Morgan fingerprint density at radius 3 is 2.32 bits per heavy atom. The molecule has 0 saturated heterocycles. The van der Waals surface area contributed by atoms with Crippen LogP contribution in [-0.2, 0) is 0 Å². The largest absolute Gasteiger partial charge is 0.545 e. The normalized spacial score (nSPS) is 13.5. The Bertz CT molecular complexity index is 839.